The van der Waals surface area contributed by atoms with Crippen LogP contribution in [-0.4, -0.2) is 46.7 Å². The summed E-state index contributed by atoms with van der Waals surface area (Å²) in [6, 6.07) is 10.3. The van der Waals surface area contributed by atoms with Crippen LogP contribution in [0.1, 0.15) is 22.0 Å². The van der Waals surface area contributed by atoms with Crippen molar-refractivity contribution in [2.45, 2.75) is 12.5 Å². The van der Waals surface area contributed by atoms with E-state index in [1.165, 1.54) is 17.0 Å². The summed E-state index contributed by atoms with van der Waals surface area (Å²) >= 11 is 0. The zero-order valence-electron chi connectivity index (χ0n) is 17.0. The van der Waals surface area contributed by atoms with Crippen LogP contribution < -0.4 is 15.0 Å². The number of benzene rings is 2. The average molecular weight is 435 g/mol. The Morgan fingerprint density at radius 1 is 1.28 bits per heavy atom. The van der Waals surface area contributed by atoms with Crippen molar-refractivity contribution in [3.63, 3.8) is 0 Å². The van der Waals surface area contributed by atoms with Crippen LogP contribution in [0.3, 0.4) is 0 Å². The lowest BCUT2D eigenvalue weighted by atomic mass is 10.1. The van der Waals surface area contributed by atoms with Crippen LogP contribution in [0.15, 0.2) is 53.1 Å². The minimum atomic E-state index is -0.926. The third kappa shape index (κ3) is 3.66. The molecular weight excluding hydrogens is 417 g/mol. The van der Waals surface area contributed by atoms with Gasteiger partial charge in [-0.15, -0.1) is 5.10 Å². The molecule has 162 valence electrons. The summed E-state index contributed by atoms with van der Waals surface area (Å²) in [5.41, 5.74) is 2.04. The number of hydrogen-bond acceptors (Lipinski definition) is 6. The van der Waals surface area contributed by atoms with Gasteiger partial charge >= 0.3 is 0 Å². The van der Waals surface area contributed by atoms with E-state index in [4.69, 9.17) is 9.15 Å². The molecule has 2 amide bonds. The molecule has 3 heterocycles. The summed E-state index contributed by atoms with van der Waals surface area (Å²) in [5.74, 6) is -0.445. The van der Waals surface area contributed by atoms with Crippen LogP contribution in [0, 0.1) is 5.82 Å². The Labute approximate surface area is 181 Å². The van der Waals surface area contributed by atoms with Crippen molar-refractivity contribution >= 4 is 28.5 Å². The zero-order valence-corrected chi connectivity index (χ0v) is 17.0. The predicted molar refractivity (Wildman–Crippen MR) is 112 cm³/mol. The van der Waals surface area contributed by atoms with Crippen LogP contribution in [0.4, 0.5) is 10.1 Å². The third-order valence-corrected chi connectivity index (χ3v) is 5.25. The van der Waals surface area contributed by atoms with E-state index < -0.39 is 11.9 Å². The van der Waals surface area contributed by atoms with Crippen molar-refractivity contribution in [2.75, 3.05) is 18.6 Å². The molecule has 2 aromatic heterocycles. The highest BCUT2D eigenvalue weighted by molar-refractivity contribution is 6.03. The summed E-state index contributed by atoms with van der Waals surface area (Å²) < 4.78 is 24.2. The number of nitrogens with one attached hydrogen (secondary N) is 2. The van der Waals surface area contributed by atoms with Crippen LogP contribution in [-0.2, 0) is 11.2 Å². The quantitative estimate of drug-likeness (QED) is 0.509. The first kappa shape index (κ1) is 19.7. The Kier molecular flexibility index (Phi) is 4.81. The molecule has 9 nitrogen and oxygen atoms in total. The number of fused-ring (bicyclic) bond motifs is 2. The smallest absolute Gasteiger partial charge is 0.291 e. The number of hydrogen-bond donors (Lipinski definition) is 2. The average Bonchev–Trinajstić information content (AvgIpc) is 3.43. The zero-order chi connectivity index (χ0) is 22.2. The Morgan fingerprint density at radius 3 is 2.91 bits per heavy atom. The first-order valence-electron chi connectivity index (χ1n) is 9.86. The second kappa shape index (κ2) is 7.80. The van der Waals surface area contributed by atoms with E-state index in [0.717, 1.165) is 10.9 Å². The largest absolute Gasteiger partial charge is 0.489 e. The van der Waals surface area contributed by atoms with Crippen molar-refractivity contribution < 1.29 is 23.1 Å². The van der Waals surface area contributed by atoms with Gasteiger partial charge in [-0.05, 0) is 29.8 Å². The summed E-state index contributed by atoms with van der Waals surface area (Å²) in [7, 11) is 1.62. The number of ether oxygens (including phenoxy) is 1. The Morgan fingerprint density at radius 2 is 2.09 bits per heavy atom. The fraction of sp³-hybridized carbons (Fsp3) is 0.182. The van der Waals surface area contributed by atoms with Crippen molar-refractivity contribution in [1.82, 2.24) is 20.5 Å². The topological polar surface area (TPSA) is 113 Å². The number of likely N-dealkylation sites (N-methyl/N-ethyl adjacent to an activating group) is 1. The molecule has 10 heteroatoms. The van der Waals surface area contributed by atoms with Crippen LogP contribution in [0.2, 0.25) is 0 Å². The molecule has 0 saturated carbocycles. The van der Waals surface area contributed by atoms with Gasteiger partial charge in [-0.3, -0.25) is 14.7 Å². The molecule has 2 aromatic carbocycles. The SMILES string of the molecule is CN1C(=O)[C@@H](NC(=O)c2n[nH]c(Cc3ccc(F)cc3)n2)COc2cc3occc3cc21. The summed E-state index contributed by atoms with van der Waals surface area (Å²) in [6.07, 6.45) is 1.92. The maximum atomic E-state index is 13.1. The lowest BCUT2D eigenvalue weighted by Crippen LogP contribution is -2.49. The monoisotopic (exact) mass is 435 g/mol. The Balaban J connectivity index is 1.29. The van der Waals surface area contributed by atoms with E-state index in [1.54, 1.807) is 43.6 Å². The Hall–Kier alpha value is -4.21. The predicted octanol–water partition coefficient (Wildman–Crippen LogP) is 2.43. The maximum Gasteiger partial charge on any atom is 0.291 e. The van der Waals surface area contributed by atoms with Gasteiger partial charge in [0.05, 0.1) is 12.0 Å². The number of aromatic amines is 1. The molecule has 0 aliphatic carbocycles. The van der Waals surface area contributed by atoms with E-state index >= 15 is 0 Å². The van der Waals surface area contributed by atoms with E-state index in [9.17, 15) is 14.0 Å². The highest BCUT2D eigenvalue weighted by Crippen LogP contribution is 2.35. The van der Waals surface area contributed by atoms with Crippen LogP contribution in [0.25, 0.3) is 11.0 Å². The lowest BCUT2D eigenvalue weighted by molar-refractivity contribution is -0.120. The number of carbonyl (C=O) groups is 2. The van der Waals surface area contributed by atoms with Gasteiger partial charge in [-0.1, -0.05) is 12.1 Å². The van der Waals surface area contributed by atoms with Gasteiger partial charge in [0.25, 0.3) is 11.8 Å². The minimum absolute atomic E-state index is 0.0546. The number of anilines is 1. The Bertz CT molecular complexity index is 1310. The van der Waals surface area contributed by atoms with Gasteiger partial charge in [0, 0.05) is 24.9 Å². The number of nitrogens with zero attached hydrogens (tertiary/aromatic N) is 3. The summed E-state index contributed by atoms with van der Waals surface area (Å²) in [5, 5.41) is 10.1. The molecule has 1 aliphatic rings. The number of aromatic nitrogens is 3. The second-order valence-corrected chi connectivity index (χ2v) is 7.42. The molecule has 4 aromatic rings. The van der Waals surface area contributed by atoms with E-state index in [1.807, 2.05) is 0 Å². The molecule has 32 heavy (non-hydrogen) atoms. The van der Waals surface area contributed by atoms with Crippen molar-refractivity contribution in [3.8, 4) is 5.75 Å². The third-order valence-electron chi connectivity index (χ3n) is 5.25. The van der Waals surface area contributed by atoms with Crippen molar-refractivity contribution in [3.05, 3.63) is 71.8 Å². The first-order valence-corrected chi connectivity index (χ1v) is 9.86. The van der Waals surface area contributed by atoms with Gasteiger partial charge in [-0.25, -0.2) is 9.37 Å². The van der Waals surface area contributed by atoms with E-state index in [2.05, 4.69) is 20.5 Å². The number of amides is 2. The molecule has 0 unspecified atom stereocenters. The second-order valence-electron chi connectivity index (χ2n) is 7.42. The normalized spacial score (nSPS) is 15.9. The van der Waals surface area contributed by atoms with E-state index in [0.29, 0.717) is 29.3 Å². The standard InChI is InChI=1S/C22H18FN5O4/c1-28-16-9-13-6-7-31-17(13)10-18(16)32-11-15(22(28)30)24-21(29)20-25-19(26-27-20)8-12-2-4-14(23)5-3-12/h2-7,9-10,15H,8,11H2,1H3,(H,24,29)(H,25,26,27)/t15-/m0/s1. The van der Waals surface area contributed by atoms with Crippen molar-refractivity contribution in [2.24, 2.45) is 0 Å². The molecule has 1 aliphatic heterocycles. The van der Waals surface area contributed by atoms with Crippen molar-refractivity contribution in [1.29, 1.82) is 0 Å². The maximum absolute atomic E-state index is 13.1. The molecule has 0 spiro atoms. The fourth-order valence-electron chi connectivity index (χ4n) is 3.55. The fourth-order valence-corrected chi connectivity index (χ4v) is 3.55. The molecule has 5 rings (SSSR count). The number of rotatable bonds is 4. The highest BCUT2D eigenvalue weighted by atomic mass is 19.1. The number of H-pyrrole nitrogens is 1. The van der Waals surface area contributed by atoms with Crippen LogP contribution >= 0.6 is 0 Å². The van der Waals surface area contributed by atoms with Gasteiger partial charge in [0.15, 0.2) is 0 Å². The molecule has 0 radical (unpaired) electrons. The molecule has 1 atom stereocenters. The first-order chi connectivity index (χ1) is 15.5. The van der Waals surface area contributed by atoms with Gasteiger partial charge in [0.1, 0.15) is 35.6 Å². The van der Waals surface area contributed by atoms with Gasteiger partial charge < -0.3 is 19.4 Å². The molecular formula is C22H18FN5O4. The molecule has 0 bridgehead atoms. The lowest BCUT2D eigenvalue weighted by Gasteiger charge is -2.20. The van der Waals surface area contributed by atoms with Gasteiger partial charge in [-0.2, -0.15) is 0 Å². The number of carbonyl (C=O) groups excluding carboxylic acids is 2. The molecule has 0 fully saturated rings. The highest BCUT2D eigenvalue weighted by Gasteiger charge is 2.32. The van der Waals surface area contributed by atoms with Crippen LogP contribution in [0.5, 0.6) is 5.75 Å². The number of halogens is 1. The molecule has 0 saturated heterocycles. The summed E-state index contributed by atoms with van der Waals surface area (Å²) in [6.45, 7) is -0.0546. The minimum Gasteiger partial charge on any atom is -0.489 e. The summed E-state index contributed by atoms with van der Waals surface area (Å²) in [4.78, 5) is 31.2. The number of furan rings is 1. The van der Waals surface area contributed by atoms with Gasteiger partial charge in [0.2, 0.25) is 5.82 Å². The van der Waals surface area contributed by atoms with E-state index in [-0.39, 0.29) is 24.2 Å². The molecule has 2 N–H and O–H groups in total.